The van der Waals surface area contributed by atoms with E-state index in [4.69, 9.17) is 6.42 Å². The predicted octanol–water partition coefficient (Wildman–Crippen LogP) is 4.75. The third-order valence-electron chi connectivity index (χ3n) is 4.70. The third-order valence-corrected chi connectivity index (χ3v) is 4.70. The van der Waals surface area contributed by atoms with E-state index in [0.29, 0.717) is 0 Å². The number of anilines is 1. The van der Waals surface area contributed by atoms with Gasteiger partial charge >= 0.3 is 6.18 Å². The molecule has 1 unspecified atom stereocenters. The molecule has 3 nitrogen and oxygen atoms in total. The van der Waals surface area contributed by atoms with Gasteiger partial charge in [0.05, 0.1) is 5.56 Å². The average molecular weight is 413 g/mol. The van der Waals surface area contributed by atoms with Gasteiger partial charge in [-0.05, 0) is 36.1 Å². The molecule has 2 aromatic carbocycles. The maximum Gasteiger partial charge on any atom is 0.417 e. The number of terminal acetylenes is 1. The quantitative estimate of drug-likeness (QED) is 0.696. The lowest BCUT2D eigenvalue weighted by Gasteiger charge is -2.32. The van der Waals surface area contributed by atoms with Gasteiger partial charge in [-0.2, -0.15) is 13.2 Å². The number of hydrogen-bond donors (Lipinski definition) is 2. The smallest absolute Gasteiger partial charge is 0.369 e. The number of hydrogen-bond acceptors (Lipinski definition) is 2. The van der Waals surface area contributed by atoms with Gasteiger partial charge in [-0.25, -0.2) is 0 Å². The average Bonchev–Trinajstić information content (AvgIpc) is 2.67. The van der Waals surface area contributed by atoms with E-state index in [0.717, 1.165) is 17.7 Å². The Kier molecular flexibility index (Phi) is 6.65. The van der Waals surface area contributed by atoms with Gasteiger partial charge in [0.25, 0.3) is 5.91 Å². The summed E-state index contributed by atoms with van der Waals surface area (Å²) in [5.41, 5.74) is -3.39. The molecule has 0 heterocycles. The highest BCUT2D eigenvalue weighted by atomic mass is 19.4. The van der Waals surface area contributed by atoms with Crippen LogP contribution in [0.15, 0.2) is 48.5 Å². The first-order valence-corrected chi connectivity index (χ1v) is 9.14. The molecule has 0 radical (unpaired) electrons. The van der Waals surface area contributed by atoms with E-state index >= 15 is 0 Å². The van der Waals surface area contributed by atoms with Crippen molar-refractivity contribution >= 4 is 11.6 Å². The number of amides is 1. The molecule has 0 bridgehead atoms. The lowest BCUT2D eigenvalue weighted by molar-refractivity contribution is -0.137. The molecule has 0 saturated carbocycles. The van der Waals surface area contributed by atoms with Crippen LogP contribution in [0.2, 0.25) is 0 Å². The molecular formula is C24H22F3NO2. The largest absolute Gasteiger partial charge is 0.417 e. The number of carbonyl (C=O) groups is 1. The lowest BCUT2D eigenvalue weighted by Crippen LogP contribution is -2.46. The van der Waals surface area contributed by atoms with Crippen LogP contribution in [-0.4, -0.2) is 16.6 Å². The Morgan fingerprint density at radius 3 is 2.30 bits per heavy atom. The summed E-state index contributed by atoms with van der Waals surface area (Å²) >= 11 is 0. The molecule has 0 saturated heterocycles. The summed E-state index contributed by atoms with van der Waals surface area (Å²) in [4.78, 5) is 12.9. The second-order valence-electron chi connectivity index (χ2n) is 7.52. The van der Waals surface area contributed by atoms with Gasteiger partial charge in [0.2, 0.25) is 5.60 Å². The van der Waals surface area contributed by atoms with E-state index in [1.54, 1.807) is 0 Å². The molecule has 1 atom stereocenters. The monoisotopic (exact) mass is 413 g/mol. The summed E-state index contributed by atoms with van der Waals surface area (Å²) in [5.74, 6) is 6.11. The first kappa shape index (κ1) is 23.1. The summed E-state index contributed by atoms with van der Waals surface area (Å²) in [7, 11) is 0. The van der Waals surface area contributed by atoms with E-state index in [2.05, 4.69) is 17.2 Å². The Labute approximate surface area is 174 Å². The van der Waals surface area contributed by atoms with E-state index in [1.807, 2.05) is 50.1 Å². The Morgan fingerprint density at radius 2 is 1.77 bits per heavy atom. The van der Waals surface area contributed by atoms with E-state index in [-0.39, 0.29) is 17.7 Å². The van der Waals surface area contributed by atoms with Crippen LogP contribution in [0.1, 0.15) is 43.9 Å². The van der Waals surface area contributed by atoms with Crippen LogP contribution in [-0.2, 0) is 16.4 Å². The van der Waals surface area contributed by atoms with Gasteiger partial charge in [-0.1, -0.05) is 56.0 Å². The number of rotatable bonds is 5. The molecule has 30 heavy (non-hydrogen) atoms. The van der Waals surface area contributed by atoms with Crippen molar-refractivity contribution in [1.82, 2.24) is 0 Å². The van der Waals surface area contributed by atoms with Crippen LogP contribution >= 0.6 is 0 Å². The van der Waals surface area contributed by atoms with Crippen LogP contribution in [0.4, 0.5) is 18.9 Å². The van der Waals surface area contributed by atoms with Crippen molar-refractivity contribution in [2.45, 2.75) is 44.4 Å². The Bertz CT molecular complexity index is 1020. The molecule has 0 spiro atoms. The zero-order valence-corrected chi connectivity index (χ0v) is 16.9. The van der Waals surface area contributed by atoms with Crippen molar-refractivity contribution in [1.29, 1.82) is 0 Å². The zero-order chi connectivity index (χ0) is 22.6. The zero-order valence-electron chi connectivity index (χ0n) is 16.9. The van der Waals surface area contributed by atoms with Crippen molar-refractivity contribution in [2.75, 3.05) is 5.32 Å². The Balaban J connectivity index is 2.36. The first-order valence-electron chi connectivity index (χ1n) is 9.14. The fraction of sp³-hybridized carbons (Fsp3) is 0.292. The van der Waals surface area contributed by atoms with Gasteiger partial charge < -0.3 is 10.4 Å². The van der Waals surface area contributed by atoms with Gasteiger partial charge in [-0.3, -0.25) is 4.79 Å². The topological polar surface area (TPSA) is 49.3 Å². The van der Waals surface area contributed by atoms with Gasteiger partial charge in [0.1, 0.15) is 0 Å². The van der Waals surface area contributed by atoms with Crippen LogP contribution < -0.4 is 5.32 Å². The normalized spacial score (nSPS) is 13.4. The molecule has 2 rings (SSSR count). The standard InChI is InChI=1S/C24H22F3NO2/c1-5-14-23(30,16-22(3,4)18-10-8-7-9-11-18)21(29)28-19-13-12-17(6-2)20(15-19)24(25,26)27/h2,7-13,15,30H,16H2,1,3-4H3,(H,28,29). The second kappa shape index (κ2) is 8.65. The SMILES string of the molecule is C#Cc1ccc(NC(=O)C(O)(C#CC)CC(C)(C)c2ccccc2)cc1C(F)(F)F. The van der Waals surface area contributed by atoms with Crippen molar-refractivity contribution in [3.8, 4) is 24.2 Å². The number of carbonyl (C=O) groups excluding carboxylic acids is 1. The number of aliphatic hydroxyl groups is 1. The van der Waals surface area contributed by atoms with Gasteiger partial charge in [0, 0.05) is 17.7 Å². The van der Waals surface area contributed by atoms with E-state index in [1.165, 1.54) is 13.0 Å². The summed E-state index contributed by atoms with van der Waals surface area (Å²) in [6.45, 7) is 5.17. The Morgan fingerprint density at radius 1 is 1.13 bits per heavy atom. The molecule has 2 N–H and O–H groups in total. The van der Waals surface area contributed by atoms with Crippen LogP contribution in [0.5, 0.6) is 0 Å². The minimum absolute atomic E-state index is 0.0642. The number of nitrogens with one attached hydrogen (secondary N) is 1. The highest BCUT2D eigenvalue weighted by Crippen LogP contribution is 2.35. The predicted molar refractivity (Wildman–Crippen MR) is 110 cm³/mol. The van der Waals surface area contributed by atoms with E-state index < -0.39 is 28.7 Å². The number of alkyl halides is 3. The highest BCUT2D eigenvalue weighted by Gasteiger charge is 2.41. The van der Waals surface area contributed by atoms with Crippen LogP contribution in [0.3, 0.4) is 0 Å². The molecule has 0 aliphatic carbocycles. The molecule has 0 aliphatic rings. The molecule has 0 aliphatic heterocycles. The summed E-state index contributed by atoms with van der Waals surface area (Å²) < 4.78 is 39.7. The highest BCUT2D eigenvalue weighted by molar-refractivity contribution is 5.99. The Hall–Kier alpha value is -3.22. The summed E-state index contributed by atoms with van der Waals surface area (Å²) in [6.07, 6.45) is 0.389. The molecular weight excluding hydrogens is 391 g/mol. The molecule has 6 heteroatoms. The maximum absolute atomic E-state index is 13.2. The van der Waals surface area contributed by atoms with E-state index in [9.17, 15) is 23.1 Å². The second-order valence-corrected chi connectivity index (χ2v) is 7.52. The lowest BCUT2D eigenvalue weighted by atomic mass is 9.75. The van der Waals surface area contributed by atoms with Gasteiger partial charge in [0.15, 0.2) is 0 Å². The van der Waals surface area contributed by atoms with Crippen molar-refractivity contribution in [2.24, 2.45) is 0 Å². The minimum Gasteiger partial charge on any atom is -0.369 e. The first-order chi connectivity index (χ1) is 13.9. The molecule has 1 amide bonds. The number of benzene rings is 2. The van der Waals surface area contributed by atoms with Gasteiger partial charge in [-0.15, -0.1) is 12.3 Å². The van der Waals surface area contributed by atoms with Crippen LogP contribution in [0.25, 0.3) is 0 Å². The molecule has 0 fully saturated rings. The maximum atomic E-state index is 13.2. The summed E-state index contributed by atoms with van der Waals surface area (Å²) in [5, 5.41) is 13.4. The van der Waals surface area contributed by atoms with Crippen molar-refractivity contribution in [3.05, 3.63) is 65.2 Å². The number of halogens is 3. The molecule has 2 aromatic rings. The van der Waals surface area contributed by atoms with Crippen LogP contribution in [0, 0.1) is 24.2 Å². The van der Waals surface area contributed by atoms with Crippen molar-refractivity contribution < 1.29 is 23.1 Å². The van der Waals surface area contributed by atoms with Crippen molar-refractivity contribution in [3.63, 3.8) is 0 Å². The minimum atomic E-state index is -4.68. The molecule has 156 valence electrons. The third kappa shape index (κ3) is 5.23. The fourth-order valence-corrected chi connectivity index (χ4v) is 3.24. The fourth-order valence-electron chi connectivity index (χ4n) is 3.24. The summed E-state index contributed by atoms with van der Waals surface area (Å²) in [6, 6.07) is 12.4. The molecule has 0 aromatic heterocycles.